The lowest BCUT2D eigenvalue weighted by Gasteiger charge is -2.22. The van der Waals surface area contributed by atoms with Crippen LogP contribution in [0.1, 0.15) is 38.5 Å². The van der Waals surface area contributed by atoms with Crippen LogP contribution in [0.15, 0.2) is 29.0 Å². The van der Waals surface area contributed by atoms with Crippen molar-refractivity contribution in [2.24, 2.45) is 5.92 Å². The lowest BCUT2D eigenvalue weighted by atomic mass is 9.95. The zero-order valence-corrected chi connectivity index (χ0v) is 12.5. The molecule has 21 heavy (non-hydrogen) atoms. The number of rotatable bonds is 6. The van der Waals surface area contributed by atoms with Crippen molar-refractivity contribution in [1.82, 2.24) is 20.4 Å². The van der Waals surface area contributed by atoms with Crippen molar-refractivity contribution < 1.29 is 4.52 Å². The molecule has 1 aliphatic rings. The van der Waals surface area contributed by atoms with Crippen LogP contribution in [-0.4, -0.2) is 27.7 Å². The molecule has 2 heterocycles. The van der Waals surface area contributed by atoms with Gasteiger partial charge in [-0.3, -0.25) is 4.98 Å². The molecule has 2 aromatic heterocycles. The average Bonchev–Trinajstić information content (AvgIpc) is 3.19. The van der Waals surface area contributed by atoms with Crippen LogP contribution in [0.4, 0.5) is 0 Å². The molecule has 0 saturated heterocycles. The predicted molar refractivity (Wildman–Crippen MR) is 80.7 cm³/mol. The molecular weight excluding hydrogens is 264 g/mol. The van der Waals surface area contributed by atoms with Gasteiger partial charge in [0.25, 0.3) is 0 Å². The molecule has 2 aromatic rings. The molecule has 1 aliphatic carbocycles. The van der Waals surface area contributed by atoms with Crippen molar-refractivity contribution in [1.29, 1.82) is 0 Å². The average molecular weight is 286 g/mol. The predicted octanol–water partition coefficient (Wildman–Crippen LogP) is 2.84. The summed E-state index contributed by atoms with van der Waals surface area (Å²) in [6.07, 6.45) is 9.61. The summed E-state index contributed by atoms with van der Waals surface area (Å²) in [5, 5.41) is 7.65. The summed E-state index contributed by atoms with van der Waals surface area (Å²) in [7, 11) is 0. The van der Waals surface area contributed by atoms with E-state index in [0.29, 0.717) is 17.8 Å². The minimum Gasteiger partial charge on any atom is -0.339 e. The number of aromatic nitrogens is 3. The molecule has 1 saturated carbocycles. The highest BCUT2D eigenvalue weighted by atomic mass is 16.5. The Morgan fingerprint density at radius 3 is 2.95 bits per heavy atom. The lowest BCUT2D eigenvalue weighted by molar-refractivity contribution is 0.311. The Kier molecular flexibility index (Phi) is 4.60. The van der Waals surface area contributed by atoms with Gasteiger partial charge in [0.15, 0.2) is 0 Å². The van der Waals surface area contributed by atoms with E-state index in [9.17, 15) is 0 Å². The van der Waals surface area contributed by atoms with Gasteiger partial charge in [-0.25, -0.2) is 0 Å². The zero-order valence-electron chi connectivity index (χ0n) is 12.5. The summed E-state index contributed by atoms with van der Waals surface area (Å²) >= 11 is 0. The van der Waals surface area contributed by atoms with Gasteiger partial charge in [-0.05, 0) is 37.4 Å². The SMILES string of the molecule is CCNC(Cc1nc(-c2cccnc2)no1)C1CCCC1. The summed E-state index contributed by atoms with van der Waals surface area (Å²) in [5.41, 5.74) is 0.897. The van der Waals surface area contributed by atoms with E-state index in [1.54, 1.807) is 12.4 Å². The largest absolute Gasteiger partial charge is 0.339 e. The minimum atomic E-state index is 0.444. The van der Waals surface area contributed by atoms with E-state index in [1.165, 1.54) is 25.7 Å². The molecule has 0 radical (unpaired) electrons. The van der Waals surface area contributed by atoms with Gasteiger partial charge >= 0.3 is 0 Å². The van der Waals surface area contributed by atoms with Crippen molar-refractivity contribution in [3.8, 4) is 11.4 Å². The zero-order chi connectivity index (χ0) is 14.5. The molecule has 1 fully saturated rings. The quantitative estimate of drug-likeness (QED) is 0.884. The topological polar surface area (TPSA) is 63.8 Å². The van der Waals surface area contributed by atoms with Gasteiger partial charge in [0.2, 0.25) is 11.7 Å². The molecule has 112 valence electrons. The Bertz CT molecular complexity index is 548. The van der Waals surface area contributed by atoms with Crippen molar-refractivity contribution in [2.45, 2.75) is 45.1 Å². The third-order valence-electron chi connectivity index (χ3n) is 4.22. The second-order valence-electron chi connectivity index (χ2n) is 5.67. The molecule has 0 aromatic carbocycles. The van der Waals surface area contributed by atoms with Gasteiger partial charge < -0.3 is 9.84 Å². The van der Waals surface area contributed by atoms with E-state index < -0.39 is 0 Å². The molecule has 1 N–H and O–H groups in total. The van der Waals surface area contributed by atoms with Gasteiger partial charge in [-0.2, -0.15) is 4.98 Å². The maximum atomic E-state index is 5.43. The standard InChI is InChI=1S/C16H22N4O/c1-2-18-14(12-6-3-4-7-12)10-15-19-16(20-21-15)13-8-5-9-17-11-13/h5,8-9,11-12,14,18H,2-4,6-7,10H2,1H3. The Morgan fingerprint density at radius 1 is 1.38 bits per heavy atom. The van der Waals surface area contributed by atoms with E-state index in [1.807, 2.05) is 12.1 Å². The minimum absolute atomic E-state index is 0.444. The fourth-order valence-electron chi connectivity index (χ4n) is 3.17. The fraction of sp³-hybridized carbons (Fsp3) is 0.562. The van der Waals surface area contributed by atoms with Gasteiger partial charge in [-0.1, -0.05) is 24.9 Å². The first-order chi connectivity index (χ1) is 10.4. The van der Waals surface area contributed by atoms with E-state index in [4.69, 9.17) is 4.52 Å². The number of hydrogen-bond acceptors (Lipinski definition) is 5. The number of pyridine rings is 1. The Labute approximate surface area is 125 Å². The molecule has 0 aliphatic heterocycles. The van der Waals surface area contributed by atoms with Crippen LogP contribution in [0.3, 0.4) is 0 Å². The van der Waals surface area contributed by atoms with Crippen LogP contribution in [0.25, 0.3) is 11.4 Å². The first-order valence-electron chi connectivity index (χ1n) is 7.83. The van der Waals surface area contributed by atoms with E-state index in [0.717, 1.165) is 24.4 Å². The highest BCUT2D eigenvalue weighted by Gasteiger charge is 2.26. The van der Waals surface area contributed by atoms with Gasteiger partial charge in [0.05, 0.1) is 0 Å². The second-order valence-corrected chi connectivity index (χ2v) is 5.67. The number of hydrogen-bond donors (Lipinski definition) is 1. The molecule has 1 unspecified atom stereocenters. The van der Waals surface area contributed by atoms with E-state index >= 15 is 0 Å². The fourth-order valence-corrected chi connectivity index (χ4v) is 3.17. The number of likely N-dealkylation sites (N-methyl/N-ethyl adjacent to an activating group) is 1. The molecule has 3 rings (SSSR count). The van der Waals surface area contributed by atoms with Crippen LogP contribution in [0.5, 0.6) is 0 Å². The van der Waals surface area contributed by atoms with Crippen molar-refractivity contribution in [3.63, 3.8) is 0 Å². The maximum Gasteiger partial charge on any atom is 0.228 e. The van der Waals surface area contributed by atoms with Crippen LogP contribution in [0.2, 0.25) is 0 Å². The van der Waals surface area contributed by atoms with Gasteiger partial charge in [0, 0.05) is 30.4 Å². The third kappa shape index (κ3) is 3.47. The molecule has 0 amide bonds. The van der Waals surface area contributed by atoms with Crippen LogP contribution in [-0.2, 0) is 6.42 Å². The van der Waals surface area contributed by atoms with E-state index in [2.05, 4.69) is 27.4 Å². The van der Waals surface area contributed by atoms with Gasteiger partial charge in [0.1, 0.15) is 0 Å². The third-order valence-corrected chi connectivity index (χ3v) is 4.22. The maximum absolute atomic E-state index is 5.43. The van der Waals surface area contributed by atoms with Gasteiger partial charge in [-0.15, -0.1) is 0 Å². The second kappa shape index (κ2) is 6.80. The van der Waals surface area contributed by atoms with Crippen molar-refractivity contribution in [2.75, 3.05) is 6.54 Å². The van der Waals surface area contributed by atoms with E-state index in [-0.39, 0.29) is 0 Å². The molecule has 0 bridgehead atoms. The number of nitrogens with one attached hydrogen (secondary N) is 1. The Morgan fingerprint density at radius 2 is 2.24 bits per heavy atom. The molecule has 5 nitrogen and oxygen atoms in total. The first kappa shape index (κ1) is 14.2. The van der Waals surface area contributed by atoms with Crippen LogP contribution < -0.4 is 5.32 Å². The summed E-state index contributed by atoms with van der Waals surface area (Å²) in [6, 6.07) is 4.27. The van der Waals surface area contributed by atoms with Crippen molar-refractivity contribution >= 4 is 0 Å². The Hall–Kier alpha value is -1.75. The van der Waals surface area contributed by atoms with Crippen LogP contribution >= 0.6 is 0 Å². The monoisotopic (exact) mass is 286 g/mol. The van der Waals surface area contributed by atoms with Crippen LogP contribution in [0, 0.1) is 5.92 Å². The molecule has 5 heteroatoms. The lowest BCUT2D eigenvalue weighted by Crippen LogP contribution is -2.37. The Balaban J connectivity index is 1.70. The summed E-state index contributed by atoms with van der Waals surface area (Å²) in [6.45, 7) is 3.13. The molecule has 1 atom stereocenters. The summed E-state index contributed by atoms with van der Waals surface area (Å²) in [5.74, 6) is 2.07. The van der Waals surface area contributed by atoms with Crippen molar-refractivity contribution in [3.05, 3.63) is 30.4 Å². The molecular formula is C16H22N4O. The highest BCUT2D eigenvalue weighted by Crippen LogP contribution is 2.29. The smallest absolute Gasteiger partial charge is 0.228 e. The normalized spacial score (nSPS) is 17.2. The number of nitrogens with zero attached hydrogens (tertiary/aromatic N) is 3. The highest BCUT2D eigenvalue weighted by molar-refractivity contribution is 5.51. The summed E-state index contributed by atoms with van der Waals surface area (Å²) < 4.78 is 5.43. The summed E-state index contributed by atoms with van der Waals surface area (Å²) in [4.78, 5) is 8.61. The molecule has 0 spiro atoms. The first-order valence-corrected chi connectivity index (χ1v) is 7.83.